The number of unbranched alkanes of at least 4 members (excludes halogenated alkanes) is 1. The molecule has 182 valence electrons. The Bertz CT molecular complexity index is 1120. The van der Waals surface area contributed by atoms with Gasteiger partial charge in [0.2, 0.25) is 5.95 Å². The number of benzene rings is 1. The van der Waals surface area contributed by atoms with Crippen molar-refractivity contribution >= 4 is 28.6 Å². The van der Waals surface area contributed by atoms with Crippen LogP contribution in [0.5, 0.6) is 11.5 Å². The molecule has 0 aliphatic rings. The number of methoxy groups -OCH3 is 2. The second-order valence-electron chi connectivity index (χ2n) is 8.79. The standard InChI is InChI=1S/C26H35N5O3/c1-6-7-13-26(3,14-12-18(2)32)31-24-23-21(9-8-15-27-23)29-25(30-24)28-17-19-10-11-20(33-4)16-22(19)34-5/h8-11,15-16H,6-7,12-14,17H2,1-5H3,(H2,28,29,30,31)/t26-/m1/s1. The zero-order chi connectivity index (χ0) is 24.6. The van der Waals surface area contributed by atoms with Crippen molar-refractivity contribution in [2.75, 3.05) is 24.9 Å². The summed E-state index contributed by atoms with van der Waals surface area (Å²) in [6.45, 7) is 6.44. The average molecular weight is 466 g/mol. The topological polar surface area (TPSA) is 98.3 Å². The first-order valence-corrected chi connectivity index (χ1v) is 11.7. The first-order valence-electron chi connectivity index (χ1n) is 11.7. The molecule has 8 heteroatoms. The highest BCUT2D eigenvalue weighted by molar-refractivity contribution is 5.86. The van der Waals surface area contributed by atoms with Crippen LogP contribution in [0.3, 0.4) is 0 Å². The van der Waals surface area contributed by atoms with Crippen molar-refractivity contribution in [3.63, 3.8) is 0 Å². The summed E-state index contributed by atoms with van der Waals surface area (Å²) in [5, 5.41) is 6.94. The molecule has 0 saturated heterocycles. The molecule has 2 N–H and O–H groups in total. The molecule has 3 aromatic rings. The van der Waals surface area contributed by atoms with Crippen molar-refractivity contribution in [2.45, 2.75) is 65.0 Å². The molecule has 0 amide bonds. The van der Waals surface area contributed by atoms with Gasteiger partial charge in [0.1, 0.15) is 22.8 Å². The Balaban J connectivity index is 1.89. The van der Waals surface area contributed by atoms with Gasteiger partial charge in [-0.05, 0) is 51.0 Å². The number of hydrogen-bond donors (Lipinski definition) is 2. The first-order chi connectivity index (χ1) is 16.4. The predicted molar refractivity (Wildman–Crippen MR) is 136 cm³/mol. The molecule has 1 aromatic carbocycles. The lowest BCUT2D eigenvalue weighted by molar-refractivity contribution is -0.117. The second-order valence-corrected chi connectivity index (χ2v) is 8.79. The fraction of sp³-hybridized carbons (Fsp3) is 0.462. The molecule has 2 heterocycles. The Morgan fingerprint density at radius 2 is 1.94 bits per heavy atom. The number of nitrogens with zero attached hydrogens (tertiary/aromatic N) is 3. The molecule has 0 fully saturated rings. The molecule has 3 rings (SSSR count). The van der Waals surface area contributed by atoms with E-state index in [4.69, 9.17) is 14.5 Å². The van der Waals surface area contributed by atoms with Gasteiger partial charge < -0.3 is 24.9 Å². The number of nitrogens with one attached hydrogen (secondary N) is 2. The highest BCUT2D eigenvalue weighted by atomic mass is 16.5. The van der Waals surface area contributed by atoms with E-state index in [1.165, 1.54) is 0 Å². The van der Waals surface area contributed by atoms with Gasteiger partial charge >= 0.3 is 0 Å². The Hall–Kier alpha value is -3.42. The van der Waals surface area contributed by atoms with Crippen LogP contribution in [0.25, 0.3) is 11.0 Å². The van der Waals surface area contributed by atoms with Crippen LogP contribution in [-0.2, 0) is 11.3 Å². The highest BCUT2D eigenvalue weighted by Gasteiger charge is 2.26. The second kappa shape index (κ2) is 11.6. The van der Waals surface area contributed by atoms with Crippen molar-refractivity contribution in [1.82, 2.24) is 15.0 Å². The molecule has 0 spiro atoms. The van der Waals surface area contributed by atoms with Crippen LogP contribution >= 0.6 is 0 Å². The Morgan fingerprint density at radius 3 is 2.65 bits per heavy atom. The number of Topliss-reactive ketones (excluding diaryl/α,β-unsaturated/α-hetero) is 1. The maximum Gasteiger partial charge on any atom is 0.225 e. The van der Waals surface area contributed by atoms with E-state index in [9.17, 15) is 4.79 Å². The summed E-state index contributed by atoms with van der Waals surface area (Å²) in [4.78, 5) is 25.7. The summed E-state index contributed by atoms with van der Waals surface area (Å²) in [5.74, 6) is 2.80. The maximum atomic E-state index is 11.7. The van der Waals surface area contributed by atoms with Crippen LogP contribution in [0.15, 0.2) is 36.5 Å². The Morgan fingerprint density at radius 1 is 1.12 bits per heavy atom. The number of fused-ring (bicyclic) bond motifs is 1. The molecule has 0 radical (unpaired) electrons. The normalized spacial score (nSPS) is 12.7. The molecule has 0 aliphatic heterocycles. The van der Waals surface area contributed by atoms with Crippen molar-refractivity contribution in [3.8, 4) is 11.5 Å². The summed E-state index contributed by atoms with van der Waals surface area (Å²) in [5.41, 5.74) is 2.13. The van der Waals surface area contributed by atoms with Crippen LogP contribution in [0.4, 0.5) is 11.8 Å². The molecule has 0 aliphatic carbocycles. The number of carbonyl (C=O) groups excluding carboxylic acids is 1. The van der Waals surface area contributed by atoms with Gasteiger partial charge in [-0.15, -0.1) is 0 Å². The molecule has 1 atom stereocenters. The minimum Gasteiger partial charge on any atom is -0.497 e. The molecule has 8 nitrogen and oxygen atoms in total. The van der Waals surface area contributed by atoms with E-state index in [1.807, 2.05) is 30.3 Å². The number of ether oxygens (including phenoxy) is 2. The Labute approximate surface area is 201 Å². The third-order valence-electron chi connectivity index (χ3n) is 5.92. The smallest absolute Gasteiger partial charge is 0.225 e. The average Bonchev–Trinajstić information content (AvgIpc) is 2.85. The summed E-state index contributed by atoms with van der Waals surface area (Å²) >= 11 is 0. The van der Waals surface area contributed by atoms with E-state index >= 15 is 0 Å². The zero-order valence-electron chi connectivity index (χ0n) is 20.8. The number of pyridine rings is 1. The molecule has 34 heavy (non-hydrogen) atoms. The summed E-state index contributed by atoms with van der Waals surface area (Å²) < 4.78 is 10.8. The van der Waals surface area contributed by atoms with Gasteiger partial charge in [-0.3, -0.25) is 4.98 Å². The van der Waals surface area contributed by atoms with Crippen LogP contribution in [0, 0.1) is 0 Å². The van der Waals surface area contributed by atoms with Crippen molar-refractivity contribution in [2.24, 2.45) is 0 Å². The van der Waals surface area contributed by atoms with Gasteiger partial charge in [-0.25, -0.2) is 4.98 Å². The van der Waals surface area contributed by atoms with E-state index in [0.29, 0.717) is 30.2 Å². The Kier molecular flexibility index (Phi) is 8.62. The molecule has 0 bridgehead atoms. The van der Waals surface area contributed by atoms with Crippen LogP contribution < -0.4 is 20.1 Å². The lowest BCUT2D eigenvalue weighted by Crippen LogP contribution is -2.36. The quantitative estimate of drug-likeness (QED) is 0.347. The first kappa shape index (κ1) is 25.2. The summed E-state index contributed by atoms with van der Waals surface area (Å²) in [6.07, 6.45) is 6.06. The van der Waals surface area contributed by atoms with Crippen LogP contribution in [0.2, 0.25) is 0 Å². The summed E-state index contributed by atoms with van der Waals surface area (Å²) in [7, 11) is 3.26. The van der Waals surface area contributed by atoms with E-state index in [-0.39, 0.29) is 11.3 Å². The van der Waals surface area contributed by atoms with Gasteiger partial charge in [0, 0.05) is 36.3 Å². The largest absolute Gasteiger partial charge is 0.497 e. The molecule has 2 aromatic heterocycles. The van der Waals surface area contributed by atoms with Gasteiger partial charge in [0.15, 0.2) is 5.82 Å². The zero-order valence-corrected chi connectivity index (χ0v) is 20.8. The molecular formula is C26H35N5O3. The third-order valence-corrected chi connectivity index (χ3v) is 5.92. The fourth-order valence-electron chi connectivity index (χ4n) is 3.86. The molecule has 0 unspecified atom stereocenters. The molecular weight excluding hydrogens is 430 g/mol. The van der Waals surface area contributed by atoms with Crippen molar-refractivity contribution < 1.29 is 14.3 Å². The van der Waals surface area contributed by atoms with Crippen molar-refractivity contribution in [1.29, 1.82) is 0 Å². The SMILES string of the molecule is CCCC[C@](C)(CCC(C)=O)Nc1nc(NCc2ccc(OC)cc2OC)nc2cccnc12. The van der Waals surface area contributed by atoms with E-state index < -0.39 is 0 Å². The van der Waals surface area contributed by atoms with Gasteiger partial charge in [-0.2, -0.15) is 4.98 Å². The van der Waals surface area contributed by atoms with Gasteiger partial charge in [-0.1, -0.05) is 19.8 Å². The van der Waals surface area contributed by atoms with Crippen LogP contribution in [-0.4, -0.2) is 40.5 Å². The van der Waals surface area contributed by atoms with Crippen molar-refractivity contribution in [3.05, 3.63) is 42.1 Å². The van der Waals surface area contributed by atoms with E-state index in [1.54, 1.807) is 27.3 Å². The summed E-state index contributed by atoms with van der Waals surface area (Å²) in [6, 6.07) is 9.49. The fourth-order valence-corrected chi connectivity index (χ4v) is 3.86. The van der Waals surface area contributed by atoms with Gasteiger partial charge in [0.05, 0.1) is 19.7 Å². The number of carbonyl (C=O) groups is 1. The van der Waals surface area contributed by atoms with Gasteiger partial charge in [0.25, 0.3) is 0 Å². The maximum absolute atomic E-state index is 11.7. The lowest BCUT2D eigenvalue weighted by Gasteiger charge is -2.32. The number of anilines is 2. The lowest BCUT2D eigenvalue weighted by atomic mass is 9.89. The number of ketones is 1. The number of hydrogen-bond acceptors (Lipinski definition) is 8. The minimum atomic E-state index is -0.281. The monoisotopic (exact) mass is 465 g/mol. The number of rotatable bonds is 13. The third kappa shape index (κ3) is 6.56. The minimum absolute atomic E-state index is 0.186. The van der Waals surface area contributed by atoms with Crippen LogP contribution in [0.1, 0.15) is 58.4 Å². The van der Waals surface area contributed by atoms with E-state index in [0.717, 1.165) is 48.3 Å². The highest BCUT2D eigenvalue weighted by Crippen LogP contribution is 2.30. The molecule has 0 saturated carbocycles. The number of aromatic nitrogens is 3. The van der Waals surface area contributed by atoms with E-state index in [2.05, 4.69) is 34.4 Å². The predicted octanol–water partition coefficient (Wildman–Crippen LogP) is 5.38.